The van der Waals surface area contributed by atoms with E-state index in [1.807, 2.05) is 25.1 Å². The van der Waals surface area contributed by atoms with Crippen LogP contribution in [0.3, 0.4) is 0 Å². The molecule has 3 aromatic rings. The predicted molar refractivity (Wildman–Crippen MR) is 119 cm³/mol. The number of aromatic nitrogens is 1. The maximum Gasteiger partial charge on any atom is 0.153 e. The van der Waals surface area contributed by atoms with Gasteiger partial charge in [0.2, 0.25) is 0 Å². The summed E-state index contributed by atoms with van der Waals surface area (Å²) in [6.07, 6.45) is 5.76. The zero-order valence-corrected chi connectivity index (χ0v) is 17.6. The van der Waals surface area contributed by atoms with E-state index >= 15 is 0 Å². The number of carbonyl (C=O) groups is 1. The summed E-state index contributed by atoms with van der Waals surface area (Å²) in [5.41, 5.74) is 9.40. The quantitative estimate of drug-likeness (QED) is 0.621. The molecule has 1 aromatic heterocycles. The zero-order chi connectivity index (χ0) is 21.1. The van der Waals surface area contributed by atoms with Crippen molar-refractivity contribution >= 4 is 16.7 Å². The van der Waals surface area contributed by atoms with Crippen molar-refractivity contribution in [1.29, 1.82) is 0 Å². The molecule has 2 N–H and O–H groups in total. The topological polar surface area (TPSA) is 51.3 Å². The summed E-state index contributed by atoms with van der Waals surface area (Å²) in [4.78, 5) is 14.5. The van der Waals surface area contributed by atoms with Crippen molar-refractivity contribution in [2.75, 3.05) is 19.6 Å². The van der Waals surface area contributed by atoms with Gasteiger partial charge in [-0.25, -0.2) is 4.39 Å². The van der Waals surface area contributed by atoms with Gasteiger partial charge in [-0.1, -0.05) is 31.2 Å². The number of nitrogens with two attached hydrogens (primary N) is 1. The van der Waals surface area contributed by atoms with Crippen LogP contribution in [-0.4, -0.2) is 34.9 Å². The molecule has 4 nitrogen and oxygen atoms in total. The monoisotopic (exact) mass is 407 g/mol. The molecule has 0 radical (unpaired) electrons. The van der Waals surface area contributed by atoms with Crippen LogP contribution < -0.4 is 5.73 Å². The van der Waals surface area contributed by atoms with E-state index in [1.165, 1.54) is 23.1 Å². The Morgan fingerprint density at radius 3 is 2.57 bits per heavy atom. The molecule has 1 atom stereocenters. The van der Waals surface area contributed by atoms with Crippen LogP contribution in [0.5, 0.6) is 0 Å². The second-order valence-electron chi connectivity index (χ2n) is 8.29. The average molecular weight is 408 g/mol. The molecule has 2 heterocycles. The molecule has 5 heteroatoms. The first-order valence-electron chi connectivity index (χ1n) is 10.9. The number of hydrogen-bond acceptors (Lipinski definition) is 3. The molecular weight excluding hydrogens is 377 g/mol. The Morgan fingerprint density at radius 2 is 1.87 bits per heavy atom. The maximum absolute atomic E-state index is 13.1. The van der Waals surface area contributed by atoms with E-state index < -0.39 is 6.04 Å². The van der Waals surface area contributed by atoms with Crippen LogP contribution in [0.15, 0.2) is 54.7 Å². The molecule has 0 amide bonds. The number of rotatable bonds is 7. The van der Waals surface area contributed by atoms with Gasteiger partial charge in [-0.05, 0) is 60.0 Å². The van der Waals surface area contributed by atoms with Crippen LogP contribution in [0.1, 0.15) is 49.4 Å². The minimum Gasteiger partial charge on any atom is -0.344 e. The van der Waals surface area contributed by atoms with Gasteiger partial charge in [0.05, 0.1) is 6.04 Å². The van der Waals surface area contributed by atoms with E-state index in [1.54, 1.807) is 0 Å². The first-order chi connectivity index (χ1) is 14.5. The lowest BCUT2D eigenvalue weighted by atomic mass is 10.00. The molecule has 158 valence electrons. The molecule has 30 heavy (non-hydrogen) atoms. The van der Waals surface area contributed by atoms with Gasteiger partial charge >= 0.3 is 0 Å². The zero-order valence-electron chi connectivity index (χ0n) is 17.6. The normalized spacial score (nSPS) is 16.8. The molecule has 0 spiro atoms. The van der Waals surface area contributed by atoms with Crippen molar-refractivity contribution < 1.29 is 9.18 Å². The summed E-state index contributed by atoms with van der Waals surface area (Å²) in [6.45, 7) is 4.97. The Morgan fingerprint density at radius 1 is 1.13 bits per heavy atom. The highest BCUT2D eigenvalue weighted by Crippen LogP contribution is 2.29. The lowest BCUT2D eigenvalue weighted by Gasteiger charge is -2.33. The Labute approximate surface area is 177 Å². The van der Waals surface area contributed by atoms with E-state index in [2.05, 4.69) is 33.9 Å². The number of ketones is 1. The lowest BCUT2D eigenvalue weighted by molar-refractivity contribution is -0.120. The second-order valence-corrected chi connectivity index (χ2v) is 8.29. The second kappa shape index (κ2) is 9.11. The van der Waals surface area contributed by atoms with Crippen molar-refractivity contribution in [2.24, 2.45) is 5.73 Å². The van der Waals surface area contributed by atoms with E-state index in [-0.39, 0.29) is 11.6 Å². The van der Waals surface area contributed by atoms with Crippen LogP contribution in [0, 0.1) is 5.82 Å². The fourth-order valence-corrected chi connectivity index (χ4v) is 4.44. The molecule has 4 rings (SSSR count). The standard InChI is InChI=1S/C25H30FN3O/c1-2-24(30)25(27)20-6-5-19-10-16-29(23(19)17-20)22-11-14-28(15-12-22)13-9-18-3-7-21(26)8-4-18/h3-8,10,16-17,22,25H,2,9,11-15,27H2,1H3. The Hall–Kier alpha value is -2.50. The summed E-state index contributed by atoms with van der Waals surface area (Å²) < 4.78 is 15.4. The van der Waals surface area contributed by atoms with Gasteiger partial charge in [0.15, 0.2) is 5.78 Å². The summed E-state index contributed by atoms with van der Waals surface area (Å²) in [5, 5.41) is 1.19. The van der Waals surface area contributed by atoms with Crippen LogP contribution in [0.4, 0.5) is 4.39 Å². The van der Waals surface area contributed by atoms with Gasteiger partial charge in [-0.2, -0.15) is 0 Å². The maximum atomic E-state index is 13.1. The van der Waals surface area contributed by atoms with Crippen molar-refractivity contribution in [1.82, 2.24) is 9.47 Å². The molecule has 1 aliphatic heterocycles. The molecule has 0 bridgehead atoms. The van der Waals surface area contributed by atoms with Gasteiger partial charge in [0.25, 0.3) is 0 Å². The third kappa shape index (κ3) is 4.47. The molecule has 1 aliphatic rings. The van der Waals surface area contributed by atoms with Crippen molar-refractivity contribution in [3.05, 3.63) is 71.7 Å². The first-order valence-corrected chi connectivity index (χ1v) is 10.9. The minimum absolute atomic E-state index is 0.0712. The summed E-state index contributed by atoms with van der Waals surface area (Å²) in [5.74, 6) is -0.108. The summed E-state index contributed by atoms with van der Waals surface area (Å²) in [7, 11) is 0. The molecule has 1 fully saturated rings. The fraction of sp³-hybridized carbons (Fsp3) is 0.400. The molecule has 1 unspecified atom stereocenters. The largest absolute Gasteiger partial charge is 0.344 e. The van der Waals surface area contributed by atoms with Crippen molar-refractivity contribution in [3.8, 4) is 0 Å². The summed E-state index contributed by atoms with van der Waals surface area (Å²) >= 11 is 0. The molecule has 1 saturated heterocycles. The highest BCUT2D eigenvalue weighted by Gasteiger charge is 2.22. The number of Topliss-reactive ketones (excluding diaryl/α,β-unsaturated/α-hetero) is 1. The molecule has 2 aromatic carbocycles. The summed E-state index contributed by atoms with van der Waals surface area (Å²) in [6, 6.07) is 15.0. The first kappa shape index (κ1) is 20.8. The minimum atomic E-state index is -0.545. The van der Waals surface area contributed by atoms with Crippen molar-refractivity contribution in [3.63, 3.8) is 0 Å². The van der Waals surface area contributed by atoms with Crippen LogP contribution in [-0.2, 0) is 11.2 Å². The van der Waals surface area contributed by atoms with Gasteiger partial charge in [0.1, 0.15) is 5.82 Å². The highest BCUT2D eigenvalue weighted by atomic mass is 19.1. The fourth-order valence-electron chi connectivity index (χ4n) is 4.44. The third-order valence-corrected chi connectivity index (χ3v) is 6.38. The number of hydrogen-bond donors (Lipinski definition) is 1. The van der Waals surface area contributed by atoms with Gasteiger partial charge < -0.3 is 15.2 Å². The number of fused-ring (bicyclic) bond motifs is 1. The van der Waals surface area contributed by atoms with E-state index in [0.29, 0.717) is 12.5 Å². The van der Waals surface area contributed by atoms with Crippen LogP contribution in [0.2, 0.25) is 0 Å². The molecule has 0 saturated carbocycles. The number of nitrogens with zero attached hydrogens (tertiary/aromatic N) is 2. The average Bonchev–Trinajstić information content (AvgIpc) is 3.21. The smallest absolute Gasteiger partial charge is 0.153 e. The van der Waals surface area contributed by atoms with Gasteiger partial charge in [0, 0.05) is 43.8 Å². The van der Waals surface area contributed by atoms with Gasteiger partial charge in [-0.3, -0.25) is 4.79 Å². The van der Waals surface area contributed by atoms with Crippen LogP contribution in [0.25, 0.3) is 10.9 Å². The lowest BCUT2D eigenvalue weighted by Crippen LogP contribution is -2.35. The Bertz CT molecular complexity index is 1000. The van der Waals surface area contributed by atoms with E-state index in [0.717, 1.165) is 50.0 Å². The number of piperidine rings is 1. The molecule has 0 aliphatic carbocycles. The molecular formula is C25H30FN3O. The SMILES string of the molecule is CCC(=O)C(N)c1ccc2ccn(C3CCN(CCc4ccc(F)cc4)CC3)c2c1. The number of likely N-dealkylation sites (tertiary alicyclic amines) is 1. The predicted octanol–water partition coefficient (Wildman–Crippen LogP) is 4.64. The number of benzene rings is 2. The Balaban J connectivity index is 1.40. The van der Waals surface area contributed by atoms with Crippen molar-refractivity contribution in [2.45, 2.75) is 44.7 Å². The van der Waals surface area contributed by atoms with E-state index in [9.17, 15) is 9.18 Å². The number of carbonyl (C=O) groups excluding carboxylic acids is 1. The highest BCUT2D eigenvalue weighted by molar-refractivity contribution is 5.87. The van der Waals surface area contributed by atoms with Crippen LogP contribution >= 0.6 is 0 Å². The van der Waals surface area contributed by atoms with Gasteiger partial charge in [-0.15, -0.1) is 0 Å². The van der Waals surface area contributed by atoms with E-state index in [4.69, 9.17) is 5.73 Å². The number of halogens is 1. The Kier molecular flexibility index (Phi) is 6.30. The third-order valence-electron chi connectivity index (χ3n) is 6.38.